The quantitative estimate of drug-likeness (QED) is 0.0237. The summed E-state index contributed by atoms with van der Waals surface area (Å²) in [7, 11) is -4.52. The van der Waals surface area contributed by atoms with Crippen LogP contribution in [-0.2, 0) is 27.9 Å². The van der Waals surface area contributed by atoms with Crippen LogP contribution in [0.4, 0.5) is 0 Å². The van der Waals surface area contributed by atoms with Gasteiger partial charge in [0.1, 0.15) is 12.2 Å². The van der Waals surface area contributed by atoms with Crippen molar-refractivity contribution in [3.63, 3.8) is 0 Å². The minimum Gasteiger partial charge on any atom is -0.457 e. The molecule has 3 N–H and O–H groups in total. The zero-order valence-electron chi connectivity index (χ0n) is 38.9. The molecule has 0 aromatic rings. The van der Waals surface area contributed by atoms with E-state index >= 15 is 0 Å². The van der Waals surface area contributed by atoms with E-state index in [4.69, 9.17) is 23.6 Å². The molecule has 0 aliphatic rings. The van der Waals surface area contributed by atoms with E-state index in [0.29, 0.717) is 6.61 Å². The lowest BCUT2D eigenvalue weighted by Gasteiger charge is -2.20. The molecule has 9 nitrogen and oxygen atoms in total. The van der Waals surface area contributed by atoms with Gasteiger partial charge >= 0.3 is 13.8 Å². The molecule has 0 bridgehead atoms. The Morgan fingerprint density at radius 2 is 0.900 bits per heavy atom. The van der Waals surface area contributed by atoms with E-state index in [9.17, 15) is 19.4 Å². The van der Waals surface area contributed by atoms with Crippen molar-refractivity contribution < 1.29 is 43.0 Å². The van der Waals surface area contributed by atoms with Crippen LogP contribution in [0.3, 0.4) is 0 Å². The van der Waals surface area contributed by atoms with Gasteiger partial charge in [-0.15, -0.1) is 0 Å². The number of esters is 1. The molecule has 354 valence electrons. The SMILES string of the molecule is CCCCCCC/C=C\C/C=C\CCCCCCCCCCCC(=O)OC(COCCCCCCCCCC/C=C\CCCCCCCC)COP(=O)(O)OCC(O)CO. The van der Waals surface area contributed by atoms with E-state index in [0.717, 1.165) is 51.4 Å². The standard InChI is InChI=1S/C50H95O9P/c1-3-5-7-9-11-13-15-17-19-21-23-24-25-26-28-30-32-34-36-38-40-42-50(53)59-49(47-58-60(54,55)57-45-48(52)44-51)46-56-43-41-39-37-35-33-31-29-27-22-20-18-16-14-12-10-8-6-4-2/h15,17-18,20-21,23,48-49,51-52H,3-14,16,19,22,24-47H2,1-2H3,(H,54,55)/b17-15-,20-18-,23-21-. The highest BCUT2D eigenvalue weighted by molar-refractivity contribution is 7.47. The lowest BCUT2D eigenvalue weighted by Crippen LogP contribution is -2.29. The molecule has 0 aliphatic heterocycles. The first-order valence-electron chi connectivity index (χ1n) is 25.0. The molecule has 3 unspecified atom stereocenters. The molecule has 0 heterocycles. The third-order valence-electron chi connectivity index (χ3n) is 10.8. The number of aliphatic hydroxyl groups is 2. The number of hydrogen-bond donors (Lipinski definition) is 3. The highest BCUT2D eigenvalue weighted by atomic mass is 31.2. The van der Waals surface area contributed by atoms with Crippen LogP contribution in [-0.4, -0.2) is 66.3 Å². The Balaban J connectivity index is 4.10. The Bertz CT molecular complexity index is 1030. The third kappa shape index (κ3) is 46.2. The van der Waals surface area contributed by atoms with E-state index in [-0.39, 0.29) is 25.6 Å². The smallest absolute Gasteiger partial charge is 0.457 e. The number of phosphoric ester groups is 1. The Labute approximate surface area is 369 Å². The van der Waals surface area contributed by atoms with E-state index in [1.807, 2.05) is 0 Å². The molecule has 0 aliphatic carbocycles. The molecule has 0 rings (SSSR count). The molecule has 0 saturated carbocycles. The Morgan fingerprint density at radius 3 is 1.35 bits per heavy atom. The summed E-state index contributed by atoms with van der Waals surface area (Å²) in [4.78, 5) is 22.7. The van der Waals surface area contributed by atoms with Crippen LogP contribution in [0.25, 0.3) is 0 Å². The minimum absolute atomic E-state index is 0.0470. The monoisotopic (exact) mass is 871 g/mol. The number of allylic oxidation sites excluding steroid dienone is 6. The largest absolute Gasteiger partial charge is 0.472 e. The third-order valence-corrected chi connectivity index (χ3v) is 11.7. The van der Waals surface area contributed by atoms with E-state index < -0.39 is 33.2 Å². The van der Waals surface area contributed by atoms with Gasteiger partial charge in [-0.05, 0) is 70.6 Å². The summed E-state index contributed by atoms with van der Waals surface area (Å²) < 4.78 is 33.5. The van der Waals surface area contributed by atoms with Gasteiger partial charge in [0.05, 0.1) is 26.4 Å². The van der Waals surface area contributed by atoms with Gasteiger partial charge < -0.3 is 24.6 Å². The Hall–Kier alpha value is -1.32. The molecule has 0 aromatic carbocycles. The van der Waals surface area contributed by atoms with Gasteiger partial charge in [-0.2, -0.15) is 0 Å². The van der Waals surface area contributed by atoms with E-state index in [2.05, 4.69) is 50.3 Å². The summed E-state index contributed by atoms with van der Waals surface area (Å²) >= 11 is 0. The average Bonchev–Trinajstić information content (AvgIpc) is 3.24. The fourth-order valence-corrected chi connectivity index (χ4v) is 7.76. The van der Waals surface area contributed by atoms with Crippen LogP contribution in [0.5, 0.6) is 0 Å². The van der Waals surface area contributed by atoms with Crippen LogP contribution in [0.15, 0.2) is 36.5 Å². The molecule has 60 heavy (non-hydrogen) atoms. The molecule has 0 spiro atoms. The normalized spacial score (nSPS) is 14.2. The summed E-state index contributed by atoms with van der Waals surface area (Å²) in [5.41, 5.74) is 0. The molecule has 10 heteroatoms. The van der Waals surface area contributed by atoms with Gasteiger partial charge in [0.2, 0.25) is 0 Å². The fraction of sp³-hybridized carbons (Fsp3) is 0.860. The number of carbonyl (C=O) groups is 1. The molecule has 0 saturated heterocycles. The number of phosphoric acid groups is 1. The van der Waals surface area contributed by atoms with Gasteiger partial charge in [-0.3, -0.25) is 13.8 Å². The number of hydrogen-bond acceptors (Lipinski definition) is 8. The van der Waals surface area contributed by atoms with Crippen LogP contribution >= 0.6 is 7.82 Å². The predicted octanol–water partition coefficient (Wildman–Crippen LogP) is 14.4. The summed E-state index contributed by atoms with van der Waals surface area (Å²) in [5.74, 6) is -0.386. The van der Waals surface area contributed by atoms with Crippen molar-refractivity contribution in [2.45, 2.75) is 244 Å². The summed E-state index contributed by atoms with van der Waals surface area (Å²) in [5, 5.41) is 18.4. The highest BCUT2D eigenvalue weighted by Crippen LogP contribution is 2.43. The first-order valence-corrected chi connectivity index (χ1v) is 26.5. The van der Waals surface area contributed by atoms with Gasteiger partial charge in [-0.1, -0.05) is 192 Å². The topological polar surface area (TPSA) is 132 Å². The van der Waals surface area contributed by atoms with Crippen LogP contribution in [0.2, 0.25) is 0 Å². The number of carbonyl (C=O) groups excluding carboxylic acids is 1. The zero-order valence-corrected chi connectivity index (χ0v) is 39.8. The molecular weight excluding hydrogens is 776 g/mol. The predicted molar refractivity (Wildman–Crippen MR) is 251 cm³/mol. The molecule has 0 fully saturated rings. The maximum absolute atomic E-state index is 12.7. The van der Waals surface area contributed by atoms with Gasteiger partial charge in [-0.25, -0.2) is 4.57 Å². The second-order valence-electron chi connectivity index (χ2n) is 16.8. The minimum atomic E-state index is -4.52. The maximum atomic E-state index is 12.7. The fourth-order valence-electron chi connectivity index (χ4n) is 6.97. The summed E-state index contributed by atoms with van der Waals surface area (Å²) in [6, 6.07) is 0. The van der Waals surface area contributed by atoms with Gasteiger partial charge in [0.15, 0.2) is 0 Å². The number of rotatable bonds is 48. The van der Waals surface area contributed by atoms with Crippen molar-refractivity contribution in [1.29, 1.82) is 0 Å². The first-order chi connectivity index (χ1) is 29.3. The van der Waals surface area contributed by atoms with Gasteiger partial charge in [0, 0.05) is 13.0 Å². The number of aliphatic hydroxyl groups excluding tert-OH is 2. The van der Waals surface area contributed by atoms with Crippen molar-refractivity contribution in [3.8, 4) is 0 Å². The van der Waals surface area contributed by atoms with Crippen molar-refractivity contribution in [3.05, 3.63) is 36.5 Å². The van der Waals surface area contributed by atoms with Crippen molar-refractivity contribution >= 4 is 13.8 Å². The summed E-state index contributed by atoms with van der Waals surface area (Å²) in [6.07, 6.45) is 52.4. The van der Waals surface area contributed by atoms with E-state index in [1.165, 1.54) is 161 Å². The van der Waals surface area contributed by atoms with Crippen molar-refractivity contribution in [1.82, 2.24) is 0 Å². The van der Waals surface area contributed by atoms with Crippen molar-refractivity contribution in [2.24, 2.45) is 0 Å². The second kappa shape index (κ2) is 47.2. The van der Waals surface area contributed by atoms with Crippen molar-refractivity contribution in [2.75, 3.05) is 33.0 Å². The van der Waals surface area contributed by atoms with Crippen LogP contribution in [0.1, 0.15) is 232 Å². The summed E-state index contributed by atoms with van der Waals surface area (Å²) in [6.45, 7) is 3.53. The number of ether oxygens (including phenoxy) is 2. The highest BCUT2D eigenvalue weighted by Gasteiger charge is 2.26. The lowest BCUT2D eigenvalue weighted by molar-refractivity contribution is -0.154. The molecule has 0 amide bonds. The van der Waals surface area contributed by atoms with E-state index in [1.54, 1.807) is 0 Å². The molecule has 0 radical (unpaired) electrons. The Morgan fingerprint density at radius 1 is 0.517 bits per heavy atom. The number of unbranched alkanes of at least 4 members (excludes halogenated alkanes) is 28. The van der Waals surface area contributed by atoms with Crippen LogP contribution in [0, 0.1) is 0 Å². The van der Waals surface area contributed by atoms with Gasteiger partial charge in [0.25, 0.3) is 0 Å². The molecular formula is C50H95O9P. The lowest BCUT2D eigenvalue weighted by atomic mass is 10.1. The first kappa shape index (κ1) is 58.7. The average molecular weight is 871 g/mol. The Kier molecular flexibility index (Phi) is 46.1. The molecule has 0 aromatic heterocycles. The second-order valence-corrected chi connectivity index (χ2v) is 18.3. The van der Waals surface area contributed by atoms with Crippen LogP contribution < -0.4 is 0 Å². The molecule has 3 atom stereocenters. The maximum Gasteiger partial charge on any atom is 0.472 e. The zero-order chi connectivity index (χ0) is 43.9.